The van der Waals surface area contributed by atoms with Crippen LogP contribution in [0.15, 0.2) is 11.5 Å². The number of imidazole rings is 1. The second kappa shape index (κ2) is 1.97. The van der Waals surface area contributed by atoms with Crippen LogP contribution in [-0.4, -0.2) is 9.55 Å². The van der Waals surface area contributed by atoms with Crippen molar-refractivity contribution in [2.75, 3.05) is 0 Å². The van der Waals surface area contributed by atoms with Gasteiger partial charge in [-0.15, -0.1) is 4.91 Å². The molecule has 0 aliphatic rings. The summed E-state index contributed by atoms with van der Waals surface area (Å²) in [5.74, 6) is 0.275. The minimum absolute atomic E-state index is 0.275. The molecule has 9 heavy (non-hydrogen) atoms. The maximum Gasteiger partial charge on any atom is 0.217 e. The van der Waals surface area contributed by atoms with Crippen LogP contribution in [-0.2, 0) is 7.05 Å². The molecule has 1 rings (SSSR count). The molecule has 0 saturated heterocycles. The van der Waals surface area contributed by atoms with Gasteiger partial charge < -0.3 is 4.57 Å². The zero-order valence-corrected chi connectivity index (χ0v) is 5.33. The topological polar surface area (TPSA) is 47.2 Å². The summed E-state index contributed by atoms with van der Waals surface area (Å²) in [7, 11) is 1.82. The van der Waals surface area contributed by atoms with E-state index in [1.54, 1.807) is 17.8 Å². The molecule has 0 bridgehead atoms. The van der Waals surface area contributed by atoms with E-state index in [9.17, 15) is 4.91 Å². The Balaban J connectivity index is 3.18. The average molecular weight is 125 g/mol. The van der Waals surface area contributed by atoms with E-state index in [0.29, 0.717) is 0 Å². The maximum absolute atomic E-state index is 9.91. The van der Waals surface area contributed by atoms with Crippen molar-refractivity contribution in [1.82, 2.24) is 9.55 Å². The molecule has 0 saturated carbocycles. The Labute approximate surface area is 52.5 Å². The molecule has 0 N–H and O–H groups in total. The fourth-order valence-corrected chi connectivity index (χ4v) is 0.569. The van der Waals surface area contributed by atoms with E-state index in [2.05, 4.69) is 10.2 Å². The highest BCUT2D eigenvalue weighted by Gasteiger charge is 2.00. The predicted molar refractivity (Wildman–Crippen MR) is 33.4 cm³/mol. The standard InChI is InChI=1S/C5H7N3O/c1-4-5(7-9)6-3-8(4)2/h3H,1-2H3. The monoisotopic (exact) mass is 125 g/mol. The largest absolute Gasteiger partial charge is 0.336 e. The smallest absolute Gasteiger partial charge is 0.217 e. The summed E-state index contributed by atoms with van der Waals surface area (Å²) >= 11 is 0. The predicted octanol–water partition coefficient (Wildman–Crippen LogP) is 1.13. The molecule has 0 unspecified atom stereocenters. The van der Waals surface area contributed by atoms with Gasteiger partial charge in [-0.2, -0.15) is 0 Å². The zero-order valence-electron chi connectivity index (χ0n) is 5.33. The first kappa shape index (κ1) is 5.94. The van der Waals surface area contributed by atoms with Gasteiger partial charge in [0.25, 0.3) is 0 Å². The van der Waals surface area contributed by atoms with Crippen molar-refractivity contribution in [3.05, 3.63) is 16.9 Å². The lowest BCUT2D eigenvalue weighted by Crippen LogP contribution is -1.85. The first-order valence-electron chi connectivity index (χ1n) is 2.57. The molecular weight excluding hydrogens is 118 g/mol. The number of nitrogens with zero attached hydrogens (tertiary/aromatic N) is 3. The lowest BCUT2D eigenvalue weighted by Gasteiger charge is -1.89. The number of hydrogen-bond acceptors (Lipinski definition) is 3. The molecule has 0 amide bonds. The van der Waals surface area contributed by atoms with Gasteiger partial charge in [0.2, 0.25) is 5.82 Å². The Morgan fingerprint density at radius 2 is 2.44 bits per heavy atom. The Morgan fingerprint density at radius 1 is 1.78 bits per heavy atom. The number of aromatic nitrogens is 2. The lowest BCUT2D eigenvalue weighted by molar-refractivity contribution is 0.873. The molecule has 0 atom stereocenters. The van der Waals surface area contributed by atoms with E-state index in [1.165, 1.54) is 0 Å². The molecule has 1 aromatic heterocycles. The highest BCUT2D eigenvalue weighted by molar-refractivity contribution is 5.31. The minimum Gasteiger partial charge on any atom is -0.336 e. The molecule has 1 heterocycles. The summed E-state index contributed by atoms with van der Waals surface area (Å²) in [6, 6.07) is 0. The van der Waals surface area contributed by atoms with Crippen molar-refractivity contribution < 1.29 is 0 Å². The van der Waals surface area contributed by atoms with Gasteiger partial charge in [0, 0.05) is 7.05 Å². The molecule has 0 aromatic carbocycles. The van der Waals surface area contributed by atoms with Gasteiger partial charge in [-0.25, -0.2) is 4.98 Å². The molecule has 48 valence electrons. The molecule has 0 fully saturated rings. The van der Waals surface area contributed by atoms with Crippen LogP contribution in [0.1, 0.15) is 5.69 Å². The van der Waals surface area contributed by atoms with Gasteiger partial charge in [0.15, 0.2) is 0 Å². The summed E-state index contributed by atoms with van der Waals surface area (Å²) in [6.45, 7) is 1.80. The van der Waals surface area contributed by atoms with Crippen LogP contribution in [0, 0.1) is 11.8 Å². The van der Waals surface area contributed by atoms with Crippen LogP contribution < -0.4 is 0 Å². The summed E-state index contributed by atoms with van der Waals surface area (Å²) in [4.78, 5) is 13.6. The van der Waals surface area contributed by atoms with Gasteiger partial charge in [-0.3, -0.25) is 0 Å². The van der Waals surface area contributed by atoms with Crippen molar-refractivity contribution in [3.63, 3.8) is 0 Å². The molecule has 4 nitrogen and oxygen atoms in total. The number of rotatable bonds is 1. The number of hydrogen-bond donors (Lipinski definition) is 0. The second-order valence-corrected chi connectivity index (χ2v) is 1.86. The van der Waals surface area contributed by atoms with E-state index in [1.807, 2.05) is 7.05 Å². The highest BCUT2D eigenvalue weighted by atomic mass is 16.3. The third-order valence-corrected chi connectivity index (χ3v) is 1.29. The van der Waals surface area contributed by atoms with Gasteiger partial charge in [-0.05, 0) is 12.1 Å². The molecular formula is C5H7N3O. The normalized spacial score (nSPS) is 9.56. The number of nitroso groups, excluding NO2 is 1. The molecule has 0 spiro atoms. The van der Waals surface area contributed by atoms with E-state index in [4.69, 9.17) is 0 Å². The van der Waals surface area contributed by atoms with Crippen molar-refractivity contribution in [2.24, 2.45) is 12.2 Å². The molecule has 0 aliphatic heterocycles. The van der Waals surface area contributed by atoms with Crippen molar-refractivity contribution in [2.45, 2.75) is 6.92 Å². The van der Waals surface area contributed by atoms with E-state index in [-0.39, 0.29) is 5.82 Å². The van der Waals surface area contributed by atoms with Crippen LogP contribution in [0.5, 0.6) is 0 Å². The summed E-state index contributed by atoms with van der Waals surface area (Å²) < 4.78 is 1.75. The summed E-state index contributed by atoms with van der Waals surface area (Å²) in [5, 5.41) is 2.71. The average Bonchev–Trinajstić information content (AvgIpc) is 2.15. The van der Waals surface area contributed by atoms with Crippen LogP contribution in [0.25, 0.3) is 0 Å². The molecule has 0 aliphatic carbocycles. The summed E-state index contributed by atoms with van der Waals surface area (Å²) in [5.41, 5.74) is 0.796. The fourth-order valence-electron chi connectivity index (χ4n) is 0.569. The molecule has 1 aromatic rings. The van der Waals surface area contributed by atoms with Crippen molar-refractivity contribution in [1.29, 1.82) is 0 Å². The van der Waals surface area contributed by atoms with E-state index < -0.39 is 0 Å². The Hall–Kier alpha value is -1.19. The van der Waals surface area contributed by atoms with Crippen LogP contribution in [0.3, 0.4) is 0 Å². The molecule has 0 radical (unpaired) electrons. The Morgan fingerprint density at radius 3 is 2.67 bits per heavy atom. The van der Waals surface area contributed by atoms with Crippen molar-refractivity contribution >= 4 is 5.82 Å². The van der Waals surface area contributed by atoms with Crippen molar-refractivity contribution in [3.8, 4) is 0 Å². The van der Waals surface area contributed by atoms with Crippen LogP contribution >= 0.6 is 0 Å². The number of aryl methyl sites for hydroxylation is 1. The molecule has 4 heteroatoms. The minimum atomic E-state index is 0.275. The summed E-state index contributed by atoms with van der Waals surface area (Å²) in [6.07, 6.45) is 1.56. The third-order valence-electron chi connectivity index (χ3n) is 1.29. The third kappa shape index (κ3) is 0.826. The van der Waals surface area contributed by atoms with E-state index in [0.717, 1.165) is 5.69 Å². The first-order chi connectivity index (χ1) is 4.25. The van der Waals surface area contributed by atoms with Gasteiger partial charge in [0.05, 0.1) is 12.0 Å². The zero-order chi connectivity index (χ0) is 6.85. The van der Waals surface area contributed by atoms with Gasteiger partial charge >= 0.3 is 0 Å². The Kier molecular flexibility index (Phi) is 1.30. The van der Waals surface area contributed by atoms with Crippen LogP contribution in [0.4, 0.5) is 5.82 Å². The maximum atomic E-state index is 9.91. The fraction of sp³-hybridized carbons (Fsp3) is 0.400. The highest BCUT2D eigenvalue weighted by Crippen LogP contribution is 2.12. The van der Waals surface area contributed by atoms with E-state index >= 15 is 0 Å². The van der Waals surface area contributed by atoms with Gasteiger partial charge in [-0.1, -0.05) is 0 Å². The SMILES string of the molecule is Cc1c(N=O)ncn1C. The Bertz CT molecular complexity index is 228. The first-order valence-corrected chi connectivity index (χ1v) is 2.57. The quantitative estimate of drug-likeness (QED) is 0.528. The second-order valence-electron chi connectivity index (χ2n) is 1.86. The van der Waals surface area contributed by atoms with Gasteiger partial charge in [0.1, 0.15) is 0 Å². The van der Waals surface area contributed by atoms with Crippen LogP contribution in [0.2, 0.25) is 0 Å². The lowest BCUT2D eigenvalue weighted by atomic mass is 10.5.